The minimum atomic E-state index is -1.53. The molecule has 0 amide bonds. The van der Waals surface area contributed by atoms with Crippen molar-refractivity contribution in [3.63, 3.8) is 0 Å². The van der Waals surface area contributed by atoms with Gasteiger partial charge in [-0.1, -0.05) is 42.0 Å². The second-order valence-electron chi connectivity index (χ2n) is 6.82. The molecule has 150 valence electrons. The summed E-state index contributed by atoms with van der Waals surface area (Å²) in [5.41, 5.74) is 2.80. The van der Waals surface area contributed by atoms with Gasteiger partial charge in [-0.3, -0.25) is 0 Å². The number of aliphatic hydroxyl groups is 4. The molecule has 7 heteroatoms. The molecule has 1 aliphatic rings. The highest BCUT2D eigenvalue weighted by atomic mass is 16.7. The van der Waals surface area contributed by atoms with E-state index in [2.05, 4.69) is 0 Å². The topological polar surface area (TPSA) is 120 Å². The minimum absolute atomic E-state index is 0.0503. The Hall–Kier alpha value is -2.42. The lowest BCUT2D eigenvalue weighted by Crippen LogP contribution is -2.60. The first-order valence-electron chi connectivity index (χ1n) is 8.93. The lowest BCUT2D eigenvalue weighted by molar-refractivity contribution is -0.277. The highest BCUT2D eigenvalue weighted by Gasteiger charge is 2.44. The van der Waals surface area contributed by atoms with Gasteiger partial charge in [0, 0.05) is 6.07 Å². The highest BCUT2D eigenvalue weighted by Crippen LogP contribution is 2.28. The quantitative estimate of drug-likeness (QED) is 0.486. The van der Waals surface area contributed by atoms with Crippen LogP contribution in [-0.4, -0.2) is 62.8 Å². The maximum Gasteiger partial charge on any atom is 0.229 e. The predicted octanol–water partition coefficient (Wildman–Crippen LogP) is 1.05. The van der Waals surface area contributed by atoms with E-state index in [0.29, 0.717) is 5.56 Å². The van der Waals surface area contributed by atoms with Gasteiger partial charge in [0.1, 0.15) is 35.9 Å². The molecule has 1 aliphatic heterocycles. The summed E-state index contributed by atoms with van der Waals surface area (Å²) in [6.07, 6.45) is -3.22. The van der Waals surface area contributed by atoms with E-state index in [4.69, 9.17) is 9.47 Å². The Morgan fingerprint density at radius 2 is 1.61 bits per heavy atom. The second kappa shape index (κ2) is 8.72. The van der Waals surface area contributed by atoms with E-state index < -0.39 is 37.3 Å². The Kier molecular flexibility index (Phi) is 6.33. The van der Waals surface area contributed by atoms with E-state index in [-0.39, 0.29) is 11.5 Å². The molecule has 1 heterocycles. The third kappa shape index (κ3) is 4.70. The molecule has 2 aromatic rings. The summed E-state index contributed by atoms with van der Waals surface area (Å²) in [7, 11) is 0. The molecule has 0 bridgehead atoms. The molecule has 0 saturated carbocycles. The van der Waals surface area contributed by atoms with E-state index in [1.165, 1.54) is 6.07 Å². The number of phenolic OH excluding ortho intramolecular Hbond substituents is 1. The van der Waals surface area contributed by atoms with Crippen LogP contribution in [0.4, 0.5) is 0 Å². The van der Waals surface area contributed by atoms with Crippen LogP contribution in [0.15, 0.2) is 42.5 Å². The summed E-state index contributed by atoms with van der Waals surface area (Å²) >= 11 is 0. The van der Waals surface area contributed by atoms with Crippen molar-refractivity contribution in [2.24, 2.45) is 0 Å². The van der Waals surface area contributed by atoms with Crippen molar-refractivity contribution in [3.8, 4) is 11.5 Å². The molecule has 7 nitrogen and oxygen atoms in total. The fourth-order valence-electron chi connectivity index (χ4n) is 2.94. The summed E-state index contributed by atoms with van der Waals surface area (Å²) in [6.45, 7) is 1.46. The number of benzene rings is 2. The summed E-state index contributed by atoms with van der Waals surface area (Å²) < 4.78 is 10.9. The lowest BCUT2D eigenvalue weighted by atomic mass is 9.99. The Morgan fingerprint density at radius 3 is 2.29 bits per heavy atom. The van der Waals surface area contributed by atoms with Crippen LogP contribution >= 0.6 is 0 Å². The Labute approximate surface area is 162 Å². The molecule has 1 fully saturated rings. The number of aliphatic hydroxyl groups excluding tert-OH is 4. The van der Waals surface area contributed by atoms with Crippen molar-refractivity contribution in [3.05, 3.63) is 59.2 Å². The second-order valence-corrected chi connectivity index (χ2v) is 6.82. The maximum atomic E-state index is 10.1. The third-order valence-corrected chi connectivity index (χ3v) is 4.56. The summed E-state index contributed by atoms with van der Waals surface area (Å²) in [5, 5.41) is 49.0. The minimum Gasteiger partial charge on any atom is -0.508 e. The molecule has 0 radical (unpaired) electrons. The van der Waals surface area contributed by atoms with Gasteiger partial charge in [0.25, 0.3) is 0 Å². The molecule has 0 spiro atoms. The average molecular weight is 388 g/mol. The van der Waals surface area contributed by atoms with E-state index in [1.807, 2.05) is 37.3 Å². The van der Waals surface area contributed by atoms with E-state index in [1.54, 1.807) is 18.2 Å². The monoisotopic (exact) mass is 388 g/mol. The Morgan fingerprint density at radius 1 is 0.929 bits per heavy atom. The van der Waals surface area contributed by atoms with Crippen LogP contribution in [0.5, 0.6) is 11.5 Å². The maximum absolute atomic E-state index is 10.1. The highest BCUT2D eigenvalue weighted by molar-refractivity contribution is 5.71. The molecule has 0 aliphatic carbocycles. The fraction of sp³-hybridized carbons (Fsp3) is 0.333. The first-order valence-corrected chi connectivity index (χ1v) is 8.93. The van der Waals surface area contributed by atoms with Crippen LogP contribution in [0.25, 0.3) is 12.2 Å². The number of aryl methyl sites for hydroxylation is 1. The van der Waals surface area contributed by atoms with Gasteiger partial charge in [-0.05, 0) is 30.2 Å². The summed E-state index contributed by atoms with van der Waals surface area (Å²) in [4.78, 5) is 0. The number of hydrogen-bond acceptors (Lipinski definition) is 7. The zero-order valence-corrected chi connectivity index (χ0v) is 15.3. The molecule has 28 heavy (non-hydrogen) atoms. The predicted molar refractivity (Wildman–Crippen MR) is 103 cm³/mol. The van der Waals surface area contributed by atoms with Crippen LogP contribution in [0.3, 0.4) is 0 Å². The van der Waals surface area contributed by atoms with Gasteiger partial charge in [-0.15, -0.1) is 0 Å². The summed E-state index contributed by atoms with van der Waals surface area (Å²) in [5.74, 6) is 0.151. The number of phenols is 1. The molecule has 5 N–H and O–H groups in total. The lowest BCUT2D eigenvalue weighted by Gasteiger charge is -2.39. The van der Waals surface area contributed by atoms with Gasteiger partial charge >= 0.3 is 0 Å². The van der Waals surface area contributed by atoms with Crippen molar-refractivity contribution in [1.82, 2.24) is 0 Å². The zero-order valence-electron chi connectivity index (χ0n) is 15.3. The third-order valence-electron chi connectivity index (χ3n) is 4.56. The Balaban J connectivity index is 1.76. The normalized spacial score (nSPS) is 27.8. The number of ether oxygens (including phenoxy) is 2. The van der Waals surface area contributed by atoms with Crippen molar-refractivity contribution >= 4 is 12.2 Å². The van der Waals surface area contributed by atoms with Crippen molar-refractivity contribution in [2.75, 3.05) is 6.61 Å². The standard InChI is InChI=1S/C21H24O7/c1-12-2-4-13(5-3-12)6-7-14-8-15(23)10-16(9-14)27-21-20(26)19(25)18(24)17(11-22)28-21/h2-10,17-26H,11H2,1H3/b7-6+/t17?,18-,19+,20?,21-/m1/s1. The molecule has 3 rings (SSSR count). The smallest absolute Gasteiger partial charge is 0.229 e. The molecule has 2 unspecified atom stereocenters. The van der Waals surface area contributed by atoms with E-state index in [0.717, 1.165) is 11.1 Å². The first-order chi connectivity index (χ1) is 13.4. The first kappa shape index (κ1) is 20.3. The molecule has 2 aromatic carbocycles. The van der Waals surface area contributed by atoms with Crippen LogP contribution in [-0.2, 0) is 4.74 Å². The van der Waals surface area contributed by atoms with E-state index >= 15 is 0 Å². The van der Waals surface area contributed by atoms with Gasteiger partial charge in [0.05, 0.1) is 6.61 Å². The number of rotatable bonds is 5. The van der Waals surface area contributed by atoms with Gasteiger partial charge in [0.2, 0.25) is 6.29 Å². The van der Waals surface area contributed by atoms with Gasteiger partial charge < -0.3 is 35.0 Å². The Bertz CT molecular complexity index is 816. The van der Waals surface area contributed by atoms with Crippen molar-refractivity contribution in [2.45, 2.75) is 37.6 Å². The van der Waals surface area contributed by atoms with Gasteiger partial charge in [-0.2, -0.15) is 0 Å². The average Bonchev–Trinajstić information content (AvgIpc) is 2.67. The zero-order chi connectivity index (χ0) is 20.3. The molecule has 1 saturated heterocycles. The van der Waals surface area contributed by atoms with Crippen molar-refractivity contribution < 1.29 is 35.0 Å². The van der Waals surface area contributed by atoms with Crippen LogP contribution in [0.2, 0.25) is 0 Å². The SMILES string of the molecule is Cc1ccc(/C=C/c2cc(O)cc(O[C@@H]3OC(CO)[C@@H](O)[C@H](O)C3O)c2)cc1. The number of aromatic hydroxyl groups is 1. The molecule has 0 aromatic heterocycles. The van der Waals surface area contributed by atoms with Crippen LogP contribution in [0.1, 0.15) is 16.7 Å². The fourth-order valence-corrected chi connectivity index (χ4v) is 2.94. The molecular formula is C21H24O7. The summed E-state index contributed by atoms with van der Waals surface area (Å²) in [6, 6.07) is 12.5. The van der Waals surface area contributed by atoms with Crippen molar-refractivity contribution in [1.29, 1.82) is 0 Å². The van der Waals surface area contributed by atoms with Gasteiger partial charge in [0.15, 0.2) is 0 Å². The van der Waals surface area contributed by atoms with E-state index in [9.17, 15) is 25.5 Å². The molecule has 5 atom stereocenters. The molecular weight excluding hydrogens is 364 g/mol. The van der Waals surface area contributed by atoms with Crippen LogP contribution < -0.4 is 4.74 Å². The van der Waals surface area contributed by atoms with Crippen LogP contribution in [0, 0.1) is 6.92 Å². The number of hydrogen-bond donors (Lipinski definition) is 5. The largest absolute Gasteiger partial charge is 0.508 e. The van der Waals surface area contributed by atoms with Gasteiger partial charge in [-0.25, -0.2) is 0 Å².